The second-order valence-electron chi connectivity index (χ2n) is 7.32. The van der Waals surface area contributed by atoms with Crippen molar-refractivity contribution in [2.45, 2.75) is 38.0 Å². The second-order valence-corrected chi connectivity index (χ2v) is 7.32. The van der Waals surface area contributed by atoms with E-state index in [9.17, 15) is 9.90 Å². The Morgan fingerprint density at radius 2 is 1.76 bits per heavy atom. The van der Waals surface area contributed by atoms with Gasteiger partial charge in [-0.2, -0.15) is 0 Å². The summed E-state index contributed by atoms with van der Waals surface area (Å²) >= 11 is 0. The Kier molecular flexibility index (Phi) is 2.82. The molecule has 0 aromatic heterocycles. The number of hydrogen-bond donors (Lipinski definition) is 1. The SMILES string of the molecule is COc1ccc(C2C3C[C@@H]4C[C@H](C3)CC2(C(=O)O)C4)cc1. The Morgan fingerprint density at radius 3 is 2.29 bits per heavy atom. The van der Waals surface area contributed by atoms with Gasteiger partial charge in [0.15, 0.2) is 0 Å². The van der Waals surface area contributed by atoms with Gasteiger partial charge < -0.3 is 9.84 Å². The highest BCUT2D eigenvalue weighted by molar-refractivity contribution is 5.77. The van der Waals surface area contributed by atoms with Crippen molar-refractivity contribution in [2.24, 2.45) is 23.2 Å². The second kappa shape index (κ2) is 4.49. The smallest absolute Gasteiger partial charge is 0.310 e. The van der Waals surface area contributed by atoms with Crippen LogP contribution in [-0.2, 0) is 4.79 Å². The predicted octanol–water partition coefficient (Wildman–Crippen LogP) is 3.69. The normalized spacial score (nSPS) is 40.2. The van der Waals surface area contributed by atoms with Crippen molar-refractivity contribution in [3.8, 4) is 5.75 Å². The van der Waals surface area contributed by atoms with E-state index >= 15 is 0 Å². The molecule has 1 aromatic rings. The Morgan fingerprint density at radius 1 is 1.14 bits per heavy atom. The van der Waals surface area contributed by atoms with Crippen molar-refractivity contribution in [3.63, 3.8) is 0 Å². The molecule has 0 saturated heterocycles. The molecule has 0 radical (unpaired) electrons. The van der Waals surface area contributed by atoms with Crippen molar-refractivity contribution in [2.75, 3.05) is 7.11 Å². The number of carboxylic acid groups (broad SMARTS) is 1. The third-order valence-electron chi connectivity index (χ3n) is 6.21. The summed E-state index contributed by atoms with van der Waals surface area (Å²) in [7, 11) is 1.66. The molecule has 5 rings (SSSR count). The van der Waals surface area contributed by atoms with Crippen molar-refractivity contribution in [1.82, 2.24) is 0 Å². The monoisotopic (exact) mass is 286 g/mol. The number of rotatable bonds is 3. The van der Waals surface area contributed by atoms with E-state index in [0.29, 0.717) is 17.8 Å². The lowest BCUT2D eigenvalue weighted by atomic mass is 9.44. The fourth-order valence-electron chi connectivity index (χ4n) is 5.75. The number of benzene rings is 1. The Bertz CT molecular complexity index is 548. The molecule has 4 aliphatic rings. The maximum atomic E-state index is 12.1. The number of carbonyl (C=O) groups is 1. The standard InChI is InChI=1S/C18H22O3/c1-21-15-4-2-13(3-5-15)16-14-7-11-6-12(8-14)10-18(16,9-11)17(19)20/h2-5,11-12,14,16H,6-10H2,1H3,(H,19,20)/t11-,12+,14?,16?,18?. The molecule has 4 aliphatic carbocycles. The van der Waals surface area contributed by atoms with E-state index < -0.39 is 11.4 Å². The molecule has 0 amide bonds. The van der Waals surface area contributed by atoms with Gasteiger partial charge in [0, 0.05) is 5.92 Å². The molecule has 21 heavy (non-hydrogen) atoms. The minimum Gasteiger partial charge on any atom is -0.497 e. The summed E-state index contributed by atoms with van der Waals surface area (Å²) in [5.74, 6) is 2.31. The lowest BCUT2D eigenvalue weighted by Gasteiger charge is -2.59. The van der Waals surface area contributed by atoms with Gasteiger partial charge in [-0.05, 0) is 67.6 Å². The quantitative estimate of drug-likeness (QED) is 0.921. The first kappa shape index (κ1) is 13.2. The van der Waals surface area contributed by atoms with Crippen molar-refractivity contribution < 1.29 is 14.6 Å². The van der Waals surface area contributed by atoms with Crippen LogP contribution in [0.15, 0.2) is 24.3 Å². The molecule has 1 aromatic carbocycles. The van der Waals surface area contributed by atoms with Gasteiger partial charge >= 0.3 is 5.97 Å². The van der Waals surface area contributed by atoms with Gasteiger partial charge in [-0.1, -0.05) is 12.1 Å². The maximum absolute atomic E-state index is 12.1. The highest BCUT2D eigenvalue weighted by Gasteiger charge is 2.61. The van der Waals surface area contributed by atoms with Crippen LogP contribution in [0.2, 0.25) is 0 Å². The fourth-order valence-corrected chi connectivity index (χ4v) is 5.75. The largest absolute Gasteiger partial charge is 0.497 e. The average Bonchev–Trinajstić information content (AvgIpc) is 2.46. The third-order valence-corrected chi connectivity index (χ3v) is 6.21. The van der Waals surface area contributed by atoms with Crippen LogP contribution in [0.1, 0.15) is 43.6 Å². The summed E-state index contributed by atoms with van der Waals surface area (Å²) in [5.41, 5.74) is 0.686. The van der Waals surface area contributed by atoms with Crippen molar-refractivity contribution in [3.05, 3.63) is 29.8 Å². The first-order valence-electron chi connectivity index (χ1n) is 8.00. The third kappa shape index (κ3) is 1.82. The zero-order valence-electron chi connectivity index (χ0n) is 12.4. The maximum Gasteiger partial charge on any atom is 0.310 e. The van der Waals surface area contributed by atoms with E-state index in [0.717, 1.165) is 18.6 Å². The molecular formula is C18H22O3. The predicted molar refractivity (Wildman–Crippen MR) is 79.4 cm³/mol. The summed E-state index contributed by atoms with van der Waals surface area (Å²) < 4.78 is 5.23. The molecule has 4 bridgehead atoms. The lowest BCUT2D eigenvalue weighted by Crippen LogP contribution is -2.55. The minimum absolute atomic E-state index is 0.189. The van der Waals surface area contributed by atoms with Gasteiger partial charge in [0.25, 0.3) is 0 Å². The van der Waals surface area contributed by atoms with Crippen LogP contribution >= 0.6 is 0 Å². The molecule has 5 atom stereocenters. The number of methoxy groups -OCH3 is 1. The minimum atomic E-state index is -0.567. The van der Waals surface area contributed by atoms with Crippen LogP contribution in [0.25, 0.3) is 0 Å². The van der Waals surface area contributed by atoms with Gasteiger partial charge in [0.1, 0.15) is 5.75 Å². The first-order chi connectivity index (χ1) is 10.1. The molecule has 4 fully saturated rings. The van der Waals surface area contributed by atoms with Gasteiger partial charge in [-0.3, -0.25) is 4.79 Å². The Labute approximate surface area is 125 Å². The topological polar surface area (TPSA) is 46.5 Å². The first-order valence-corrected chi connectivity index (χ1v) is 8.00. The average molecular weight is 286 g/mol. The summed E-state index contributed by atoms with van der Waals surface area (Å²) in [4.78, 5) is 12.1. The molecular weight excluding hydrogens is 264 g/mol. The summed E-state index contributed by atoms with van der Waals surface area (Å²) in [6, 6.07) is 8.10. The van der Waals surface area contributed by atoms with Gasteiger partial charge in [0.05, 0.1) is 12.5 Å². The van der Waals surface area contributed by atoms with E-state index in [1.165, 1.54) is 24.8 Å². The van der Waals surface area contributed by atoms with Crippen LogP contribution in [0.4, 0.5) is 0 Å². The number of carboxylic acids is 1. The molecule has 3 nitrogen and oxygen atoms in total. The van der Waals surface area contributed by atoms with Crippen LogP contribution in [0, 0.1) is 23.2 Å². The van der Waals surface area contributed by atoms with Crippen LogP contribution in [-0.4, -0.2) is 18.2 Å². The Balaban J connectivity index is 1.76. The van der Waals surface area contributed by atoms with Gasteiger partial charge in [0.2, 0.25) is 0 Å². The molecule has 3 heteroatoms. The van der Waals surface area contributed by atoms with Gasteiger partial charge in [-0.25, -0.2) is 0 Å². The highest BCUT2D eigenvalue weighted by Crippen LogP contribution is 2.66. The summed E-state index contributed by atoms with van der Waals surface area (Å²) in [5, 5.41) is 9.99. The molecule has 0 spiro atoms. The van der Waals surface area contributed by atoms with E-state index in [1.54, 1.807) is 7.11 Å². The highest BCUT2D eigenvalue weighted by atomic mass is 16.5. The van der Waals surface area contributed by atoms with Gasteiger partial charge in [-0.15, -0.1) is 0 Å². The number of ether oxygens (including phenoxy) is 1. The number of aliphatic carboxylic acids is 1. The van der Waals surface area contributed by atoms with Crippen molar-refractivity contribution >= 4 is 5.97 Å². The van der Waals surface area contributed by atoms with E-state index in [-0.39, 0.29) is 5.92 Å². The zero-order chi connectivity index (χ0) is 14.6. The molecule has 112 valence electrons. The summed E-state index contributed by atoms with van der Waals surface area (Å²) in [6.07, 6.45) is 5.48. The molecule has 3 unspecified atom stereocenters. The van der Waals surface area contributed by atoms with Crippen LogP contribution in [0.3, 0.4) is 0 Å². The lowest BCUT2D eigenvalue weighted by molar-refractivity contribution is -0.169. The molecule has 4 saturated carbocycles. The van der Waals surface area contributed by atoms with Crippen LogP contribution < -0.4 is 4.74 Å². The molecule has 1 N–H and O–H groups in total. The van der Waals surface area contributed by atoms with Crippen molar-refractivity contribution in [1.29, 1.82) is 0 Å². The van der Waals surface area contributed by atoms with E-state index in [4.69, 9.17) is 4.74 Å². The Hall–Kier alpha value is -1.51. The number of hydrogen-bond acceptors (Lipinski definition) is 2. The summed E-state index contributed by atoms with van der Waals surface area (Å²) in [6.45, 7) is 0. The van der Waals surface area contributed by atoms with E-state index in [1.807, 2.05) is 12.1 Å². The fraction of sp³-hybridized carbons (Fsp3) is 0.611. The zero-order valence-corrected chi connectivity index (χ0v) is 12.4. The van der Waals surface area contributed by atoms with E-state index in [2.05, 4.69) is 12.1 Å². The molecule has 0 aliphatic heterocycles. The van der Waals surface area contributed by atoms with Crippen LogP contribution in [0.5, 0.6) is 5.75 Å². The molecule has 0 heterocycles.